The molecule has 252 valence electrons. The van der Waals surface area contributed by atoms with E-state index in [4.69, 9.17) is 20.9 Å². The summed E-state index contributed by atoms with van der Waals surface area (Å²) in [5.41, 5.74) is -0.770. The zero-order valence-electron chi connectivity index (χ0n) is 26.7. The number of ether oxygens (including phenoxy) is 2. The number of aromatic nitrogens is 3. The maximum Gasteiger partial charge on any atom is 0.319 e. The molecule has 4 aromatic rings. The van der Waals surface area contributed by atoms with Crippen LogP contribution in [0.5, 0.6) is 11.8 Å². The maximum atomic E-state index is 17.0. The molecule has 4 saturated heterocycles. The summed E-state index contributed by atoms with van der Waals surface area (Å²) in [6.07, 6.45) is 9.25. The van der Waals surface area contributed by atoms with Crippen molar-refractivity contribution >= 4 is 33.5 Å². The van der Waals surface area contributed by atoms with E-state index < -0.39 is 29.2 Å². The van der Waals surface area contributed by atoms with Gasteiger partial charge in [-0.15, -0.1) is 6.42 Å². The fraction of sp³-hybridized carbons (Fsp3) is 0.389. The number of hydrogen-bond acceptors (Lipinski definition) is 9. The molecule has 3 atom stereocenters. The third-order valence-electron chi connectivity index (χ3n) is 10.3. The van der Waals surface area contributed by atoms with Gasteiger partial charge in [0.25, 0.3) is 6.08 Å². The summed E-state index contributed by atoms with van der Waals surface area (Å²) in [6.45, 7) is 3.42. The predicted molar refractivity (Wildman–Crippen MR) is 174 cm³/mol. The first-order chi connectivity index (χ1) is 23.6. The van der Waals surface area contributed by atoms with E-state index in [0.29, 0.717) is 42.6 Å². The quantitative estimate of drug-likeness (QED) is 0.119. The topological polar surface area (TPSA) is 92.7 Å². The number of fused-ring (bicyclic) bond motifs is 5. The second kappa shape index (κ2) is 12.0. The average molecular weight is 673 g/mol. The third kappa shape index (κ3) is 5.43. The monoisotopic (exact) mass is 672 g/mol. The minimum atomic E-state index is -1.66. The minimum Gasteiger partial charge on any atom is -0.461 e. The van der Waals surface area contributed by atoms with Gasteiger partial charge in [-0.2, -0.15) is 18.7 Å². The van der Waals surface area contributed by atoms with E-state index >= 15 is 4.39 Å². The molecule has 0 radical (unpaired) electrons. The van der Waals surface area contributed by atoms with E-state index in [9.17, 15) is 18.0 Å². The Bertz CT molecular complexity index is 2100. The van der Waals surface area contributed by atoms with Crippen molar-refractivity contribution in [1.29, 1.82) is 0 Å². The van der Waals surface area contributed by atoms with Crippen molar-refractivity contribution in [2.75, 3.05) is 37.7 Å². The molecule has 0 amide bonds. The molecule has 0 saturated carbocycles. The summed E-state index contributed by atoms with van der Waals surface area (Å²) in [7, 11) is 0. The lowest BCUT2D eigenvalue weighted by atomic mass is 9.94. The molecule has 2 aromatic heterocycles. The van der Waals surface area contributed by atoms with Crippen LogP contribution < -0.4 is 19.7 Å². The first-order valence-electron chi connectivity index (χ1n) is 16.3. The average Bonchev–Trinajstić information content (AvgIpc) is 3.75. The Hall–Kier alpha value is -4.80. The van der Waals surface area contributed by atoms with Gasteiger partial charge in [-0.05, 0) is 62.2 Å². The van der Waals surface area contributed by atoms with Crippen molar-refractivity contribution in [3.05, 3.63) is 59.3 Å². The molecule has 2 bridgehead atoms. The van der Waals surface area contributed by atoms with Crippen molar-refractivity contribution in [1.82, 2.24) is 25.2 Å². The number of pyridine rings is 1. The van der Waals surface area contributed by atoms with Crippen molar-refractivity contribution in [3.8, 4) is 35.4 Å². The number of halogens is 4. The van der Waals surface area contributed by atoms with E-state index in [1.54, 1.807) is 0 Å². The van der Waals surface area contributed by atoms with Gasteiger partial charge in [-0.3, -0.25) is 14.7 Å². The van der Waals surface area contributed by atoms with E-state index in [-0.39, 0.29) is 76.7 Å². The van der Waals surface area contributed by atoms with Crippen LogP contribution in [0, 0.1) is 24.0 Å². The van der Waals surface area contributed by atoms with Gasteiger partial charge < -0.3 is 19.7 Å². The number of carbonyl (C=O) groups excluding carboxylic acids is 1. The predicted octanol–water partition coefficient (Wildman–Crippen LogP) is 5.74. The Balaban J connectivity index is 1.28. The lowest BCUT2D eigenvalue weighted by Crippen LogP contribution is -2.51. The number of anilines is 1. The molecule has 13 heteroatoms. The molecule has 1 N–H and O–H groups in total. The number of terminal acetylenes is 1. The first-order valence-corrected chi connectivity index (χ1v) is 16.3. The standard InChI is InChI=1S/C36H32F4N6O3/c1-3-25-28(37)8-5-20-11-24(49-19(2)47)12-26(29(20)25)31-30(38)32-27(14-41-31)34(45-16-22-6-7-23(17-45)42-22)44-35(43-32)48-18-36-9-4-10-46(36)15-21(13-36)33(39)40/h1,5,8,11-12,14,22-23,42H,4,6-7,9-10,13,15-18H2,2H3/t22?,23?,36-/m1/s1. The third-order valence-corrected chi connectivity index (χ3v) is 10.3. The fourth-order valence-corrected chi connectivity index (χ4v) is 8.12. The van der Waals surface area contributed by atoms with Gasteiger partial charge in [0.15, 0.2) is 5.82 Å². The Morgan fingerprint density at radius 3 is 2.69 bits per heavy atom. The molecule has 49 heavy (non-hydrogen) atoms. The molecule has 2 unspecified atom stereocenters. The van der Waals surface area contributed by atoms with E-state index in [1.165, 1.54) is 37.4 Å². The maximum absolute atomic E-state index is 17.0. The van der Waals surface area contributed by atoms with Gasteiger partial charge in [0.05, 0.1) is 16.5 Å². The number of carbonyl (C=O) groups is 1. The molecule has 9 nitrogen and oxygen atoms in total. The molecule has 2 aromatic carbocycles. The Morgan fingerprint density at radius 2 is 1.96 bits per heavy atom. The second-order valence-electron chi connectivity index (χ2n) is 13.4. The van der Waals surface area contributed by atoms with Gasteiger partial charge in [-0.1, -0.05) is 12.0 Å². The van der Waals surface area contributed by atoms with Crippen LogP contribution in [-0.2, 0) is 4.79 Å². The normalized spacial score (nSPS) is 23.3. The number of piperazine rings is 1. The number of hydrogen-bond donors (Lipinski definition) is 1. The van der Waals surface area contributed by atoms with Crippen LogP contribution in [0.15, 0.2) is 42.1 Å². The number of nitrogens with zero attached hydrogens (tertiary/aromatic N) is 5. The highest BCUT2D eigenvalue weighted by atomic mass is 19.3. The van der Waals surface area contributed by atoms with Crippen LogP contribution in [0.3, 0.4) is 0 Å². The summed E-state index contributed by atoms with van der Waals surface area (Å²) in [4.78, 5) is 29.8. The molecule has 0 spiro atoms. The highest BCUT2D eigenvalue weighted by Crippen LogP contribution is 2.44. The van der Waals surface area contributed by atoms with E-state index in [2.05, 4.69) is 26.1 Å². The van der Waals surface area contributed by atoms with Crippen LogP contribution in [0.4, 0.5) is 23.4 Å². The lowest BCUT2D eigenvalue weighted by molar-refractivity contribution is -0.131. The van der Waals surface area contributed by atoms with Crippen LogP contribution >= 0.6 is 0 Å². The molecule has 4 fully saturated rings. The van der Waals surface area contributed by atoms with Gasteiger partial charge in [0.2, 0.25) is 0 Å². The Morgan fingerprint density at radius 1 is 1.16 bits per heavy atom. The largest absolute Gasteiger partial charge is 0.461 e. The molecule has 4 aliphatic rings. The summed E-state index contributed by atoms with van der Waals surface area (Å²) in [5, 5.41) is 4.58. The highest BCUT2D eigenvalue weighted by Gasteiger charge is 2.48. The summed E-state index contributed by atoms with van der Waals surface area (Å²) in [5.74, 6) is 0.816. The number of esters is 1. The number of nitrogens with one attached hydrogen (secondary N) is 1. The summed E-state index contributed by atoms with van der Waals surface area (Å²) < 4.78 is 70.8. The molecular formula is C36H32F4N6O3. The highest BCUT2D eigenvalue weighted by molar-refractivity contribution is 6.03. The summed E-state index contributed by atoms with van der Waals surface area (Å²) in [6, 6.07) is 5.98. The Labute approximate surface area is 279 Å². The van der Waals surface area contributed by atoms with Gasteiger partial charge in [-0.25, -0.2) is 8.78 Å². The van der Waals surface area contributed by atoms with E-state index in [0.717, 1.165) is 19.3 Å². The summed E-state index contributed by atoms with van der Waals surface area (Å²) >= 11 is 0. The van der Waals surface area contributed by atoms with Crippen LogP contribution in [0.1, 0.15) is 44.6 Å². The van der Waals surface area contributed by atoms with Crippen molar-refractivity contribution < 1.29 is 31.8 Å². The van der Waals surface area contributed by atoms with Crippen molar-refractivity contribution in [2.24, 2.45) is 0 Å². The molecule has 8 rings (SSSR count). The zero-order valence-corrected chi connectivity index (χ0v) is 26.7. The molecule has 6 heterocycles. The van der Waals surface area contributed by atoms with Crippen LogP contribution in [0.2, 0.25) is 0 Å². The minimum absolute atomic E-state index is 0.0565. The Kier molecular flexibility index (Phi) is 7.68. The van der Waals surface area contributed by atoms with E-state index in [1.807, 2.05) is 4.90 Å². The molecule has 0 aliphatic carbocycles. The van der Waals surface area contributed by atoms with Crippen LogP contribution in [-0.4, -0.2) is 76.2 Å². The van der Waals surface area contributed by atoms with Gasteiger partial charge in [0.1, 0.15) is 35.2 Å². The molecular weight excluding hydrogens is 640 g/mol. The van der Waals surface area contributed by atoms with Crippen LogP contribution in [0.25, 0.3) is 32.9 Å². The zero-order chi connectivity index (χ0) is 34.0. The first kappa shape index (κ1) is 31.5. The second-order valence-corrected chi connectivity index (χ2v) is 13.4. The number of benzene rings is 2. The number of rotatable bonds is 6. The van der Waals surface area contributed by atoms with Gasteiger partial charge in [0, 0.05) is 61.4 Å². The SMILES string of the molecule is C#Cc1c(F)ccc2cc(OC(C)=O)cc(-c3ncc4c(N5CC6CCC(C5)N6)nc(OC[C@]56CCCN5CC(=C(F)F)C6)nc4c3F)c12. The fourth-order valence-electron chi connectivity index (χ4n) is 8.12. The molecule has 4 aliphatic heterocycles. The van der Waals surface area contributed by atoms with Crippen molar-refractivity contribution in [3.63, 3.8) is 0 Å². The van der Waals surface area contributed by atoms with Gasteiger partial charge >= 0.3 is 12.0 Å². The van der Waals surface area contributed by atoms with Crippen molar-refractivity contribution in [2.45, 2.75) is 56.7 Å². The lowest BCUT2D eigenvalue weighted by Gasteiger charge is -2.34. The smallest absolute Gasteiger partial charge is 0.319 e.